The van der Waals surface area contributed by atoms with Crippen LogP contribution >= 0.6 is 0 Å². The van der Waals surface area contributed by atoms with Crippen molar-refractivity contribution in [2.75, 3.05) is 37.5 Å². The molecule has 0 aliphatic carbocycles. The van der Waals surface area contributed by atoms with Gasteiger partial charge in [0.05, 0.1) is 31.9 Å². The average Bonchev–Trinajstić information content (AvgIpc) is 2.87. The zero-order chi connectivity index (χ0) is 24.3. The lowest BCUT2D eigenvalue weighted by molar-refractivity contribution is 0.102. The van der Waals surface area contributed by atoms with Crippen LogP contribution in [0.4, 0.5) is 11.4 Å². The molecule has 34 heavy (non-hydrogen) atoms. The molecule has 0 fully saturated rings. The zero-order valence-corrected chi connectivity index (χ0v) is 20.0. The first-order valence-electron chi connectivity index (χ1n) is 10.7. The van der Waals surface area contributed by atoms with Crippen molar-refractivity contribution in [2.45, 2.75) is 17.7 Å². The number of sulfonamides is 1. The van der Waals surface area contributed by atoms with Crippen LogP contribution in [0, 0.1) is 0 Å². The number of amides is 1. The van der Waals surface area contributed by atoms with Gasteiger partial charge in [-0.3, -0.25) is 9.10 Å². The molecule has 8 nitrogen and oxygen atoms in total. The first-order chi connectivity index (χ1) is 16.3. The summed E-state index contributed by atoms with van der Waals surface area (Å²) in [5.41, 5.74) is 2.43. The van der Waals surface area contributed by atoms with Crippen LogP contribution in [0.2, 0.25) is 0 Å². The summed E-state index contributed by atoms with van der Waals surface area (Å²) in [6.07, 6.45) is 1.38. The van der Waals surface area contributed by atoms with Crippen molar-refractivity contribution in [3.8, 4) is 17.2 Å². The minimum atomic E-state index is -3.73. The molecule has 1 amide bonds. The highest BCUT2D eigenvalue weighted by atomic mass is 32.2. The molecule has 3 aromatic carbocycles. The lowest BCUT2D eigenvalue weighted by atomic mass is 10.0. The third kappa shape index (κ3) is 4.65. The highest BCUT2D eigenvalue weighted by Gasteiger charge is 2.29. The van der Waals surface area contributed by atoms with Crippen LogP contribution in [-0.4, -0.2) is 42.2 Å². The molecule has 1 aliphatic rings. The number of nitrogens with one attached hydrogen (secondary N) is 1. The predicted molar refractivity (Wildman–Crippen MR) is 130 cm³/mol. The van der Waals surface area contributed by atoms with Gasteiger partial charge in [0.2, 0.25) is 0 Å². The van der Waals surface area contributed by atoms with Crippen molar-refractivity contribution in [3.05, 3.63) is 71.8 Å². The van der Waals surface area contributed by atoms with E-state index in [1.807, 2.05) is 6.07 Å². The van der Waals surface area contributed by atoms with Gasteiger partial charge in [-0.05, 0) is 73.0 Å². The van der Waals surface area contributed by atoms with E-state index in [0.717, 1.165) is 5.56 Å². The molecule has 9 heteroatoms. The van der Waals surface area contributed by atoms with E-state index >= 15 is 0 Å². The van der Waals surface area contributed by atoms with Crippen LogP contribution in [-0.2, 0) is 16.4 Å². The maximum Gasteiger partial charge on any atom is 0.264 e. The van der Waals surface area contributed by atoms with E-state index in [0.29, 0.717) is 53.6 Å². The van der Waals surface area contributed by atoms with Crippen LogP contribution in [0.3, 0.4) is 0 Å². The minimum absolute atomic E-state index is 0.200. The van der Waals surface area contributed by atoms with Crippen molar-refractivity contribution in [2.24, 2.45) is 0 Å². The molecular weight excluding hydrogens is 456 g/mol. The number of nitrogens with zero attached hydrogens (tertiary/aromatic N) is 1. The SMILES string of the molecule is COc1ccc(S(=O)(=O)N2CCCc3cc(NC(=O)c4cc(OC)cc(OC)c4)ccc32)cc1. The fraction of sp³-hybridized carbons (Fsp3) is 0.240. The van der Waals surface area contributed by atoms with Crippen LogP contribution in [0.25, 0.3) is 0 Å². The second kappa shape index (κ2) is 9.64. The summed E-state index contributed by atoms with van der Waals surface area (Å²) in [5, 5.41) is 2.88. The summed E-state index contributed by atoms with van der Waals surface area (Å²) in [4.78, 5) is 13.0. The van der Waals surface area contributed by atoms with E-state index < -0.39 is 10.0 Å². The monoisotopic (exact) mass is 482 g/mol. The Morgan fingerprint density at radius 2 is 1.50 bits per heavy atom. The Morgan fingerprint density at radius 1 is 0.853 bits per heavy atom. The molecule has 0 bridgehead atoms. The molecule has 0 saturated carbocycles. The maximum atomic E-state index is 13.3. The number of hydrogen-bond donors (Lipinski definition) is 1. The van der Waals surface area contributed by atoms with Crippen molar-refractivity contribution in [1.82, 2.24) is 0 Å². The van der Waals surface area contributed by atoms with E-state index in [1.165, 1.54) is 25.6 Å². The van der Waals surface area contributed by atoms with Gasteiger partial charge in [-0.2, -0.15) is 0 Å². The first kappa shape index (κ1) is 23.4. The number of aryl methyl sites for hydroxylation is 1. The van der Waals surface area contributed by atoms with Crippen LogP contribution in [0.1, 0.15) is 22.3 Å². The van der Waals surface area contributed by atoms with Gasteiger partial charge < -0.3 is 19.5 Å². The van der Waals surface area contributed by atoms with Crippen molar-refractivity contribution in [3.63, 3.8) is 0 Å². The number of hydrogen-bond acceptors (Lipinski definition) is 6. The minimum Gasteiger partial charge on any atom is -0.497 e. The lowest BCUT2D eigenvalue weighted by Crippen LogP contribution is -2.35. The smallest absolute Gasteiger partial charge is 0.264 e. The Balaban J connectivity index is 1.59. The summed E-state index contributed by atoms with van der Waals surface area (Å²) in [5.74, 6) is 1.28. The number of methoxy groups -OCH3 is 3. The van der Waals surface area contributed by atoms with Gasteiger partial charge in [-0.15, -0.1) is 0 Å². The highest BCUT2D eigenvalue weighted by molar-refractivity contribution is 7.92. The quantitative estimate of drug-likeness (QED) is 0.545. The average molecular weight is 483 g/mol. The van der Waals surface area contributed by atoms with Gasteiger partial charge in [0.25, 0.3) is 15.9 Å². The molecule has 0 atom stereocenters. The molecule has 0 saturated heterocycles. The molecule has 0 radical (unpaired) electrons. The molecule has 4 rings (SSSR count). The summed E-state index contributed by atoms with van der Waals surface area (Å²) >= 11 is 0. The van der Waals surface area contributed by atoms with Crippen LogP contribution < -0.4 is 23.8 Å². The van der Waals surface area contributed by atoms with E-state index in [4.69, 9.17) is 14.2 Å². The van der Waals surface area contributed by atoms with Crippen molar-refractivity contribution in [1.29, 1.82) is 0 Å². The Labute approximate surface area is 199 Å². The number of carbonyl (C=O) groups excluding carboxylic acids is 1. The Hall–Kier alpha value is -3.72. The Bertz CT molecular complexity index is 1280. The molecule has 178 valence electrons. The topological polar surface area (TPSA) is 94.2 Å². The zero-order valence-electron chi connectivity index (χ0n) is 19.2. The summed E-state index contributed by atoms with van der Waals surface area (Å²) in [6, 6.07) is 16.5. The van der Waals surface area contributed by atoms with Gasteiger partial charge in [0.1, 0.15) is 17.2 Å². The molecule has 0 unspecified atom stereocenters. The third-order valence-corrected chi connectivity index (χ3v) is 7.50. The Kier molecular flexibility index (Phi) is 6.65. The number of ether oxygens (including phenoxy) is 3. The van der Waals surface area contributed by atoms with E-state index in [1.54, 1.807) is 54.6 Å². The molecule has 1 aliphatic heterocycles. The summed E-state index contributed by atoms with van der Waals surface area (Å²) < 4.78 is 43.6. The molecule has 0 aromatic heterocycles. The van der Waals surface area contributed by atoms with Crippen molar-refractivity contribution >= 4 is 27.3 Å². The second-order valence-corrected chi connectivity index (χ2v) is 9.62. The number of benzene rings is 3. The van der Waals surface area contributed by atoms with Crippen LogP contribution in [0.15, 0.2) is 65.6 Å². The fourth-order valence-electron chi connectivity index (χ4n) is 3.91. The highest BCUT2D eigenvalue weighted by Crippen LogP contribution is 2.34. The van der Waals surface area contributed by atoms with Gasteiger partial charge in [0.15, 0.2) is 0 Å². The standard InChI is InChI=1S/C25H26N2O6S/c1-31-20-7-9-23(10-8-20)34(29,30)27-12-4-5-17-13-19(6-11-24(17)27)26-25(28)18-14-21(32-2)16-22(15-18)33-3/h6-11,13-16H,4-5,12H2,1-3H3,(H,26,28). The number of fused-ring (bicyclic) bond motifs is 1. The molecular formula is C25H26N2O6S. The molecule has 0 spiro atoms. The third-order valence-electron chi connectivity index (χ3n) is 5.67. The largest absolute Gasteiger partial charge is 0.497 e. The van der Waals surface area contributed by atoms with Gasteiger partial charge in [-0.25, -0.2) is 8.42 Å². The summed E-state index contributed by atoms with van der Waals surface area (Å²) in [6.45, 7) is 0.386. The first-order valence-corrected chi connectivity index (χ1v) is 12.1. The van der Waals surface area contributed by atoms with Crippen LogP contribution in [0.5, 0.6) is 17.2 Å². The Morgan fingerprint density at radius 3 is 2.12 bits per heavy atom. The fourth-order valence-corrected chi connectivity index (χ4v) is 5.45. The van der Waals surface area contributed by atoms with Gasteiger partial charge >= 0.3 is 0 Å². The van der Waals surface area contributed by atoms with Gasteiger partial charge in [0, 0.05) is 23.9 Å². The molecule has 1 heterocycles. The number of anilines is 2. The lowest BCUT2D eigenvalue weighted by Gasteiger charge is -2.31. The molecule has 1 N–H and O–H groups in total. The summed E-state index contributed by atoms with van der Waals surface area (Å²) in [7, 11) is 0.840. The van der Waals surface area contributed by atoms with E-state index in [9.17, 15) is 13.2 Å². The van der Waals surface area contributed by atoms with E-state index in [-0.39, 0.29) is 10.8 Å². The van der Waals surface area contributed by atoms with E-state index in [2.05, 4.69) is 5.32 Å². The van der Waals surface area contributed by atoms with Crippen molar-refractivity contribution < 1.29 is 27.4 Å². The second-order valence-electron chi connectivity index (χ2n) is 7.76. The normalized spacial score (nSPS) is 13.1. The number of carbonyl (C=O) groups is 1. The van der Waals surface area contributed by atoms with Gasteiger partial charge in [-0.1, -0.05) is 0 Å². The maximum absolute atomic E-state index is 13.3. The predicted octanol–water partition coefficient (Wildman–Crippen LogP) is 4.11. The molecule has 3 aromatic rings. The number of rotatable bonds is 7.